The van der Waals surface area contributed by atoms with Gasteiger partial charge in [-0.25, -0.2) is 4.99 Å². The molecule has 1 aliphatic heterocycles. The number of aromatic nitrogens is 3. The van der Waals surface area contributed by atoms with Crippen molar-refractivity contribution in [2.24, 2.45) is 12.0 Å². The molecule has 0 saturated carbocycles. The summed E-state index contributed by atoms with van der Waals surface area (Å²) in [7, 11) is 3.68. The summed E-state index contributed by atoms with van der Waals surface area (Å²) in [6.07, 6.45) is 0. The summed E-state index contributed by atoms with van der Waals surface area (Å²) in [5.41, 5.74) is 1.20. The summed E-state index contributed by atoms with van der Waals surface area (Å²) in [5, 5.41) is 11.7. The number of nitrogens with zero attached hydrogens (tertiary/aromatic N) is 6. The van der Waals surface area contributed by atoms with Crippen LogP contribution in [0.4, 0.5) is 5.69 Å². The van der Waals surface area contributed by atoms with Crippen LogP contribution in [0.2, 0.25) is 0 Å². The molecule has 3 rings (SSSR count). The molecular formula is C19H29N7O. The molecule has 0 spiro atoms. The number of anilines is 1. The molecule has 1 aromatic heterocycles. The third-order valence-corrected chi connectivity index (χ3v) is 4.89. The van der Waals surface area contributed by atoms with Gasteiger partial charge in [0, 0.05) is 51.5 Å². The van der Waals surface area contributed by atoms with E-state index in [9.17, 15) is 0 Å². The third-order valence-electron chi connectivity index (χ3n) is 4.89. The van der Waals surface area contributed by atoms with Crippen LogP contribution >= 0.6 is 0 Å². The highest BCUT2D eigenvalue weighted by Gasteiger charge is 2.20. The minimum atomic E-state index is 0.524. The van der Waals surface area contributed by atoms with E-state index in [0.29, 0.717) is 6.54 Å². The summed E-state index contributed by atoms with van der Waals surface area (Å²) in [6, 6.07) is 8.23. The highest BCUT2D eigenvalue weighted by Crippen LogP contribution is 2.22. The quantitative estimate of drug-likeness (QED) is 0.633. The number of hydrogen-bond acceptors (Lipinski definition) is 5. The zero-order valence-electron chi connectivity index (χ0n) is 16.6. The van der Waals surface area contributed by atoms with Crippen molar-refractivity contribution in [3.8, 4) is 5.75 Å². The number of benzene rings is 1. The number of piperazine rings is 1. The van der Waals surface area contributed by atoms with Crippen molar-refractivity contribution in [2.45, 2.75) is 20.4 Å². The van der Waals surface area contributed by atoms with Crippen LogP contribution in [0.25, 0.3) is 0 Å². The molecule has 1 saturated heterocycles. The van der Waals surface area contributed by atoms with E-state index in [1.54, 1.807) is 7.11 Å². The van der Waals surface area contributed by atoms with E-state index < -0.39 is 0 Å². The molecule has 0 radical (unpaired) electrons. The van der Waals surface area contributed by atoms with Crippen LogP contribution in [0.1, 0.15) is 18.6 Å². The maximum absolute atomic E-state index is 5.34. The summed E-state index contributed by atoms with van der Waals surface area (Å²) in [6.45, 7) is 9.13. The van der Waals surface area contributed by atoms with Gasteiger partial charge in [0.1, 0.15) is 18.1 Å². The minimum absolute atomic E-state index is 0.524. The lowest BCUT2D eigenvalue weighted by atomic mass is 10.2. The Hall–Kier alpha value is -2.77. The second kappa shape index (κ2) is 8.75. The Balaban J connectivity index is 1.64. The van der Waals surface area contributed by atoms with Crippen LogP contribution in [0, 0.1) is 6.92 Å². The molecule has 146 valence electrons. The molecule has 8 heteroatoms. The van der Waals surface area contributed by atoms with Crippen molar-refractivity contribution in [3.63, 3.8) is 0 Å². The van der Waals surface area contributed by atoms with Crippen LogP contribution in [0.5, 0.6) is 5.75 Å². The lowest BCUT2D eigenvalue weighted by Crippen LogP contribution is -2.52. The fourth-order valence-electron chi connectivity index (χ4n) is 3.14. The van der Waals surface area contributed by atoms with E-state index >= 15 is 0 Å². The molecule has 0 bridgehead atoms. The normalized spacial score (nSPS) is 15.2. The van der Waals surface area contributed by atoms with Gasteiger partial charge in [-0.2, -0.15) is 0 Å². The van der Waals surface area contributed by atoms with E-state index in [-0.39, 0.29) is 0 Å². The molecule has 0 amide bonds. The van der Waals surface area contributed by atoms with Crippen LogP contribution in [-0.4, -0.2) is 65.5 Å². The molecule has 8 nitrogen and oxygen atoms in total. The monoisotopic (exact) mass is 371 g/mol. The molecule has 2 heterocycles. The minimum Gasteiger partial charge on any atom is -0.497 e. The fourth-order valence-corrected chi connectivity index (χ4v) is 3.14. The average Bonchev–Trinajstić information content (AvgIpc) is 3.03. The lowest BCUT2D eigenvalue weighted by molar-refractivity contribution is 0.371. The number of ether oxygens (including phenoxy) is 1. The zero-order valence-corrected chi connectivity index (χ0v) is 16.6. The van der Waals surface area contributed by atoms with Crippen molar-refractivity contribution < 1.29 is 4.74 Å². The Bertz CT molecular complexity index is 778. The number of hydrogen-bond donors (Lipinski definition) is 1. The standard InChI is InChI=1S/C19H29N7O/c1-5-20-19(21-14-18-23-22-15(2)24(18)3)26-11-9-25(10-12-26)16-7-6-8-17(13-16)27-4/h6-8,13H,5,9-12,14H2,1-4H3,(H,20,21). The van der Waals surface area contributed by atoms with Gasteiger partial charge < -0.3 is 24.4 Å². The van der Waals surface area contributed by atoms with Crippen molar-refractivity contribution in [1.82, 2.24) is 25.0 Å². The second-order valence-corrected chi connectivity index (χ2v) is 6.57. The Morgan fingerprint density at radius 2 is 2.00 bits per heavy atom. The van der Waals surface area contributed by atoms with Crippen molar-refractivity contribution in [2.75, 3.05) is 44.7 Å². The molecule has 0 unspecified atom stereocenters. The fraction of sp³-hybridized carbons (Fsp3) is 0.526. The first-order chi connectivity index (χ1) is 13.1. The van der Waals surface area contributed by atoms with E-state index in [2.05, 4.69) is 44.4 Å². The number of rotatable bonds is 5. The van der Waals surface area contributed by atoms with Gasteiger partial charge in [0.2, 0.25) is 0 Å². The number of nitrogens with one attached hydrogen (secondary N) is 1. The molecule has 27 heavy (non-hydrogen) atoms. The number of aryl methyl sites for hydroxylation is 1. The van der Waals surface area contributed by atoms with Crippen LogP contribution in [0.3, 0.4) is 0 Å². The second-order valence-electron chi connectivity index (χ2n) is 6.57. The third kappa shape index (κ3) is 4.50. The van der Waals surface area contributed by atoms with Crippen LogP contribution in [0.15, 0.2) is 29.3 Å². The summed E-state index contributed by atoms with van der Waals surface area (Å²) in [5.74, 6) is 3.60. The molecule has 2 aromatic rings. The van der Waals surface area contributed by atoms with Gasteiger partial charge in [-0.3, -0.25) is 0 Å². The molecule has 1 N–H and O–H groups in total. The Morgan fingerprint density at radius 1 is 1.22 bits per heavy atom. The summed E-state index contributed by atoms with van der Waals surface area (Å²) >= 11 is 0. The van der Waals surface area contributed by atoms with Crippen LogP contribution in [-0.2, 0) is 13.6 Å². The zero-order chi connectivity index (χ0) is 19.2. The van der Waals surface area contributed by atoms with Gasteiger partial charge in [0.05, 0.1) is 7.11 Å². The Kier molecular flexibility index (Phi) is 6.16. The smallest absolute Gasteiger partial charge is 0.194 e. The maximum Gasteiger partial charge on any atom is 0.194 e. The average molecular weight is 371 g/mol. The van der Waals surface area contributed by atoms with Gasteiger partial charge in [0.25, 0.3) is 0 Å². The van der Waals surface area contributed by atoms with Crippen LogP contribution < -0.4 is 15.0 Å². The Morgan fingerprint density at radius 3 is 2.63 bits per heavy atom. The topological polar surface area (TPSA) is 70.8 Å². The molecule has 0 aliphatic carbocycles. The number of guanidine groups is 1. The van der Waals surface area contributed by atoms with Gasteiger partial charge in [0.15, 0.2) is 11.8 Å². The van der Waals surface area contributed by atoms with E-state index in [0.717, 1.165) is 56.1 Å². The predicted octanol–water partition coefficient (Wildman–Crippen LogP) is 1.42. The first-order valence-electron chi connectivity index (χ1n) is 9.39. The summed E-state index contributed by atoms with van der Waals surface area (Å²) < 4.78 is 7.32. The number of aliphatic imine (C=N–C) groups is 1. The predicted molar refractivity (Wildman–Crippen MR) is 107 cm³/mol. The van der Waals surface area contributed by atoms with Gasteiger partial charge in [-0.15, -0.1) is 10.2 Å². The largest absolute Gasteiger partial charge is 0.497 e. The lowest BCUT2D eigenvalue weighted by Gasteiger charge is -2.37. The van der Waals surface area contributed by atoms with Gasteiger partial charge >= 0.3 is 0 Å². The molecule has 1 aromatic carbocycles. The molecule has 0 atom stereocenters. The van der Waals surface area contributed by atoms with Gasteiger partial charge in [-0.1, -0.05) is 6.07 Å². The van der Waals surface area contributed by atoms with Crippen molar-refractivity contribution in [3.05, 3.63) is 35.9 Å². The number of methoxy groups -OCH3 is 1. The van der Waals surface area contributed by atoms with E-state index in [1.165, 1.54) is 5.69 Å². The SMILES string of the molecule is CCNC(=NCc1nnc(C)n1C)N1CCN(c2cccc(OC)c2)CC1. The highest BCUT2D eigenvalue weighted by atomic mass is 16.5. The maximum atomic E-state index is 5.34. The van der Waals surface area contributed by atoms with Gasteiger partial charge in [-0.05, 0) is 26.0 Å². The van der Waals surface area contributed by atoms with E-state index in [1.807, 2.05) is 30.7 Å². The van der Waals surface area contributed by atoms with E-state index in [4.69, 9.17) is 9.73 Å². The molecule has 1 aliphatic rings. The molecule has 1 fully saturated rings. The first kappa shape index (κ1) is 19.0. The highest BCUT2D eigenvalue weighted by molar-refractivity contribution is 5.80. The first-order valence-corrected chi connectivity index (χ1v) is 9.39. The molecular weight excluding hydrogens is 342 g/mol. The van der Waals surface area contributed by atoms with Crippen molar-refractivity contribution in [1.29, 1.82) is 0 Å². The van der Waals surface area contributed by atoms with Crippen molar-refractivity contribution >= 4 is 11.6 Å². The Labute approximate surface area is 160 Å². The summed E-state index contributed by atoms with van der Waals surface area (Å²) in [4.78, 5) is 9.47.